The molecule has 0 radical (unpaired) electrons. The molecule has 0 aliphatic carbocycles. The van der Waals surface area contributed by atoms with Crippen LogP contribution < -0.4 is 9.47 Å². The van der Waals surface area contributed by atoms with Crippen molar-refractivity contribution in [3.05, 3.63) is 96.7 Å². The molecule has 4 rings (SSSR count). The van der Waals surface area contributed by atoms with E-state index in [1.54, 1.807) is 19.3 Å². The summed E-state index contributed by atoms with van der Waals surface area (Å²) in [5, 5.41) is 0. The molecule has 0 aromatic heterocycles. The van der Waals surface area contributed by atoms with E-state index < -0.39 is 5.97 Å². The van der Waals surface area contributed by atoms with E-state index in [1.165, 1.54) is 5.56 Å². The molecule has 1 heterocycles. The van der Waals surface area contributed by atoms with Gasteiger partial charge in [-0.1, -0.05) is 44.2 Å². The third kappa shape index (κ3) is 5.52. The van der Waals surface area contributed by atoms with Gasteiger partial charge in [-0.3, -0.25) is 0 Å². The summed E-state index contributed by atoms with van der Waals surface area (Å²) in [5.74, 6) is 1.38. The molecule has 0 fully saturated rings. The summed E-state index contributed by atoms with van der Waals surface area (Å²) in [7, 11) is 1.58. The van der Waals surface area contributed by atoms with Gasteiger partial charge in [0, 0.05) is 14.7 Å². The fourth-order valence-corrected chi connectivity index (χ4v) is 4.55. The number of aliphatic imine (C=N–C) groups is 1. The lowest BCUT2D eigenvalue weighted by Crippen LogP contribution is -2.05. The van der Waals surface area contributed by atoms with Gasteiger partial charge in [0.25, 0.3) is 0 Å². The number of carbonyl (C=O) groups is 1. The Hall–Kier alpha value is -2.65. The number of esters is 1. The van der Waals surface area contributed by atoms with E-state index in [2.05, 4.69) is 57.4 Å². The number of carbonyl (C=O) groups excluding carboxylic acids is 1. The molecule has 1 aliphatic rings. The zero-order valence-electron chi connectivity index (χ0n) is 19.0. The van der Waals surface area contributed by atoms with Gasteiger partial charge in [0.2, 0.25) is 5.90 Å². The first kappa shape index (κ1) is 24.5. The van der Waals surface area contributed by atoms with Crippen LogP contribution in [0.3, 0.4) is 0 Å². The van der Waals surface area contributed by atoms with Crippen molar-refractivity contribution in [2.45, 2.75) is 26.4 Å². The number of cyclic esters (lactones) is 1. The summed E-state index contributed by atoms with van der Waals surface area (Å²) in [6.07, 6.45) is 1.68. The van der Waals surface area contributed by atoms with E-state index in [0.29, 0.717) is 34.4 Å². The maximum absolute atomic E-state index is 12.5. The van der Waals surface area contributed by atoms with Crippen molar-refractivity contribution < 1.29 is 19.0 Å². The summed E-state index contributed by atoms with van der Waals surface area (Å²) >= 11 is 5.86. The van der Waals surface area contributed by atoms with E-state index in [4.69, 9.17) is 14.2 Å². The molecule has 5 nitrogen and oxygen atoms in total. The van der Waals surface area contributed by atoms with Gasteiger partial charge in [-0.15, -0.1) is 0 Å². The van der Waals surface area contributed by atoms with Gasteiger partial charge < -0.3 is 14.2 Å². The molecule has 0 saturated heterocycles. The number of methoxy groups -OCH3 is 1. The van der Waals surface area contributed by atoms with Crippen LogP contribution in [0.1, 0.15) is 42.0 Å². The van der Waals surface area contributed by atoms with E-state index in [9.17, 15) is 4.79 Å². The molecule has 34 heavy (non-hydrogen) atoms. The predicted octanol–water partition coefficient (Wildman–Crippen LogP) is 7.11. The molecule has 0 saturated carbocycles. The minimum absolute atomic E-state index is 0.226. The third-order valence-corrected chi connectivity index (χ3v) is 6.97. The highest BCUT2D eigenvalue weighted by molar-refractivity contribution is 14.1. The van der Waals surface area contributed by atoms with Gasteiger partial charge in [0.05, 0.1) is 11.6 Å². The quantitative estimate of drug-likeness (QED) is 0.158. The Balaban J connectivity index is 1.58. The SMILES string of the molecule is COc1cc(/C=C2\N=C(c3ccc(C(C)C)cc3)OC2=O)cc(Br)c1OCc1ccccc1I. The highest BCUT2D eigenvalue weighted by atomic mass is 127. The molecular formula is C27H23BrINO4. The topological polar surface area (TPSA) is 57.1 Å². The van der Waals surface area contributed by atoms with Crippen LogP contribution in [-0.2, 0) is 16.1 Å². The van der Waals surface area contributed by atoms with Crippen molar-refractivity contribution in [2.24, 2.45) is 4.99 Å². The summed E-state index contributed by atoms with van der Waals surface area (Å²) < 4.78 is 18.9. The van der Waals surface area contributed by atoms with Crippen LogP contribution in [-0.4, -0.2) is 19.0 Å². The van der Waals surface area contributed by atoms with Gasteiger partial charge >= 0.3 is 5.97 Å². The second-order valence-corrected chi connectivity index (χ2v) is 10.0. The molecule has 0 atom stereocenters. The minimum atomic E-state index is -0.489. The lowest BCUT2D eigenvalue weighted by molar-refractivity contribution is -0.129. The van der Waals surface area contributed by atoms with Crippen molar-refractivity contribution in [1.29, 1.82) is 0 Å². The lowest BCUT2D eigenvalue weighted by Gasteiger charge is -2.14. The van der Waals surface area contributed by atoms with Crippen LogP contribution >= 0.6 is 38.5 Å². The number of nitrogens with zero attached hydrogens (tertiary/aromatic N) is 1. The molecule has 1 aliphatic heterocycles. The first-order valence-corrected chi connectivity index (χ1v) is 12.6. The maximum Gasteiger partial charge on any atom is 0.363 e. The standard InChI is InChI=1S/C27H23BrINO4/c1-16(2)18-8-10-19(11-9-18)26-30-23(27(31)34-26)13-17-12-21(28)25(24(14-17)32-3)33-15-20-6-4-5-7-22(20)29/h4-14,16H,15H2,1-3H3/b23-13-. The molecule has 174 valence electrons. The highest BCUT2D eigenvalue weighted by Gasteiger charge is 2.24. The Bertz CT molecular complexity index is 1280. The van der Waals surface area contributed by atoms with Crippen LogP contribution in [0, 0.1) is 3.57 Å². The van der Waals surface area contributed by atoms with E-state index in [-0.39, 0.29) is 5.70 Å². The van der Waals surface area contributed by atoms with E-state index >= 15 is 0 Å². The summed E-state index contributed by atoms with van der Waals surface area (Å²) in [6.45, 7) is 4.67. The number of halogens is 2. The molecule has 0 N–H and O–H groups in total. The number of benzene rings is 3. The van der Waals surface area contributed by atoms with E-state index in [1.807, 2.05) is 54.6 Å². The molecule has 0 spiro atoms. The van der Waals surface area contributed by atoms with E-state index in [0.717, 1.165) is 20.3 Å². The predicted molar refractivity (Wildman–Crippen MR) is 145 cm³/mol. The van der Waals surface area contributed by atoms with Crippen LogP contribution in [0.15, 0.2) is 75.8 Å². The third-order valence-electron chi connectivity index (χ3n) is 5.33. The fourth-order valence-electron chi connectivity index (χ4n) is 3.43. The largest absolute Gasteiger partial charge is 0.493 e. The first-order valence-electron chi connectivity index (χ1n) is 10.7. The molecule has 3 aromatic carbocycles. The van der Waals surface area contributed by atoms with Gasteiger partial charge in [0.1, 0.15) is 6.61 Å². The Kier molecular flexibility index (Phi) is 7.73. The van der Waals surface area contributed by atoms with Gasteiger partial charge in [0.15, 0.2) is 17.2 Å². The Morgan fingerprint density at radius 1 is 1.12 bits per heavy atom. The van der Waals surface area contributed by atoms with Crippen molar-refractivity contribution in [3.63, 3.8) is 0 Å². The normalized spacial score (nSPS) is 14.4. The van der Waals surface area contributed by atoms with Crippen molar-refractivity contribution >= 4 is 56.5 Å². The van der Waals surface area contributed by atoms with Gasteiger partial charge in [-0.25, -0.2) is 9.79 Å². The van der Waals surface area contributed by atoms with Crippen LogP contribution in [0.5, 0.6) is 11.5 Å². The molecule has 7 heteroatoms. The monoisotopic (exact) mass is 631 g/mol. The molecule has 0 amide bonds. The van der Waals surface area contributed by atoms with Crippen LogP contribution in [0.4, 0.5) is 0 Å². The lowest BCUT2D eigenvalue weighted by atomic mass is 10.0. The average Bonchev–Trinajstić information content (AvgIpc) is 3.19. The van der Waals surface area contributed by atoms with Gasteiger partial charge in [-0.2, -0.15) is 0 Å². The van der Waals surface area contributed by atoms with Crippen molar-refractivity contribution in [1.82, 2.24) is 0 Å². The highest BCUT2D eigenvalue weighted by Crippen LogP contribution is 2.38. The smallest absolute Gasteiger partial charge is 0.363 e. The molecule has 0 unspecified atom stereocenters. The van der Waals surface area contributed by atoms with Crippen LogP contribution in [0.2, 0.25) is 0 Å². The number of hydrogen-bond acceptors (Lipinski definition) is 5. The van der Waals surface area contributed by atoms with Gasteiger partial charge in [-0.05, 0) is 92.0 Å². The summed E-state index contributed by atoms with van der Waals surface area (Å²) in [4.78, 5) is 16.9. The first-order chi connectivity index (χ1) is 16.4. The average molecular weight is 632 g/mol. The molecule has 3 aromatic rings. The second kappa shape index (κ2) is 10.7. The Morgan fingerprint density at radius 2 is 1.85 bits per heavy atom. The number of ether oxygens (including phenoxy) is 3. The Labute approximate surface area is 221 Å². The molecule has 0 bridgehead atoms. The maximum atomic E-state index is 12.5. The fraction of sp³-hybridized carbons (Fsp3) is 0.185. The zero-order valence-corrected chi connectivity index (χ0v) is 22.7. The number of hydrogen-bond donors (Lipinski definition) is 0. The summed E-state index contributed by atoms with van der Waals surface area (Å²) in [5.41, 5.74) is 4.02. The number of rotatable bonds is 7. The Morgan fingerprint density at radius 3 is 2.53 bits per heavy atom. The minimum Gasteiger partial charge on any atom is -0.493 e. The molecular weight excluding hydrogens is 609 g/mol. The van der Waals surface area contributed by atoms with Crippen LogP contribution in [0.25, 0.3) is 6.08 Å². The second-order valence-electron chi connectivity index (χ2n) is 8.03. The summed E-state index contributed by atoms with van der Waals surface area (Å²) in [6, 6.07) is 19.6. The zero-order chi connectivity index (χ0) is 24.2. The van der Waals surface area contributed by atoms with Crippen molar-refractivity contribution in [2.75, 3.05) is 7.11 Å². The van der Waals surface area contributed by atoms with Crippen molar-refractivity contribution in [3.8, 4) is 11.5 Å².